The number of pyridine rings is 1. The molecular weight excluding hydrogens is 202 g/mol. The molecule has 0 bridgehead atoms. The van der Waals surface area contributed by atoms with Crippen LogP contribution in [0.4, 0.5) is 11.5 Å². The average Bonchev–Trinajstić information content (AvgIpc) is 2.29. The molecule has 1 saturated heterocycles. The first-order valence-corrected chi connectivity index (χ1v) is 5.78. The molecule has 2 rings (SSSR count). The van der Waals surface area contributed by atoms with Crippen molar-refractivity contribution in [3.63, 3.8) is 0 Å². The Bertz CT molecular complexity index is 367. The summed E-state index contributed by atoms with van der Waals surface area (Å²) in [6, 6.07) is 1.90. The second-order valence-corrected chi connectivity index (χ2v) is 4.53. The summed E-state index contributed by atoms with van der Waals surface area (Å²) in [5.41, 5.74) is 7.94. The molecule has 2 heterocycles. The first-order chi connectivity index (χ1) is 7.70. The first kappa shape index (κ1) is 11.2. The van der Waals surface area contributed by atoms with Gasteiger partial charge in [0.2, 0.25) is 0 Å². The molecule has 1 aliphatic heterocycles. The van der Waals surface area contributed by atoms with Gasteiger partial charge in [0.15, 0.2) is 0 Å². The van der Waals surface area contributed by atoms with Crippen LogP contribution in [0.3, 0.4) is 0 Å². The number of piperidine rings is 1. The van der Waals surface area contributed by atoms with Crippen molar-refractivity contribution in [3.8, 4) is 0 Å². The Morgan fingerprint density at radius 2 is 2.44 bits per heavy atom. The third kappa shape index (κ3) is 2.27. The van der Waals surface area contributed by atoms with E-state index in [2.05, 4.69) is 16.8 Å². The van der Waals surface area contributed by atoms with Crippen molar-refractivity contribution in [1.82, 2.24) is 4.98 Å². The zero-order chi connectivity index (χ0) is 11.5. The van der Waals surface area contributed by atoms with Gasteiger partial charge >= 0.3 is 0 Å². The number of nitrogens with two attached hydrogens (primary N) is 1. The fourth-order valence-electron chi connectivity index (χ4n) is 2.33. The fraction of sp³-hybridized carbons (Fsp3) is 0.583. The summed E-state index contributed by atoms with van der Waals surface area (Å²) in [5, 5.41) is 9.21. The van der Waals surface area contributed by atoms with Crippen LogP contribution in [0.2, 0.25) is 0 Å². The quantitative estimate of drug-likeness (QED) is 0.787. The van der Waals surface area contributed by atoms with Gasteiger partial charge in [-0.2, -0.15) is 0 Å². The molecule has 1 fully saturated rings. The predicted molar refractivity (Wildman–Crippen MR) is 65.4 cm³/mol. The Morgan fingerprint density at radius 1 is 1.62 bits per heavy atom. The third-order valence-corrected chi connectivity index (χ3v) is 3.22. The molecule has 1 atom stereocenters. The van der Waals surface area contributed by atoms with Crippen LogP contribution in [0.15, 0.2) is 12.3 Å². The lowest BCUT2D eigenvalue weighted by atomic mass is 9.98. The SMILES string of the molecule is Cc1cc(N)ncc1N1CCC[C@@H](CO)C1. The predicted octanol–water partition coefficient (Wildman–Crippen LogP) is 1.18. The van der Waals surface area contributed by atoms with Gasteiger partial charge in [-0.1, -0.05) is 0 Å². The Balaban J connectivity index is 2.16. The summed E-state index contributed by atoms with van der Waals surface area (Å²) in [6.45, 7) is 4.29. The van der Waals surface area contributed by atoms with Gasteiger partial charge in [0, 0.05) is 19.7 Å². The minimum atomic E-state index is 0.276. The molecule has 1 aliphatic rings. The van der Waals surface area contributed by atoms with Crippen molar-refractivity contribution in [2.45, 2.75) is 19.8 Å². The minimum absolute atomic E-state index is 0.276. The smallest absolute Gasteiger partial charge is 0.123 e. The molecule has 4 heteroatoms. The highest BCUT2D eigenvalue weighted by Crippen LogP contribution is 2.25. The lowest BCUT2D eigenvalue weighted by Crippen LogP contribution is -2.37. The number of nitrogens with zero attached hydrogens (tertiary/aromatic N) is 2. The van der Waals surface area contributed by atoms with Crippen LogP contribution in [0, 0.1) is 12.8 Å². The molecule has 0 spiro atoms. The Kier molecular flexibility index (Phi) is 3.29. The lowest BCUT2D eigenvalue weighted by molar-refractivity contribution is 0.208. The maximum absolute atomic E-state index is 9.21. The second kappa shape index (κ2) is 4.70. The maximum Gasteiger partial charge on any atom is 0.123 e. The summed E-state index contributed by atoms with van der Waals surface area (Å²) in [4.78, 5) is 6.44. The van der Waals surface area contributed by atoms with Crippen molar-refractivity contribution in [3.05, 3.63) is 17.8 Å². The van der Waals surface area contributed by atoms with Gasteiger partial charge in [0.25, 0.3) is 0 Å². The van der Waals surface area contributed by atoms with Crippen molar-refractivity contribution in [2.24, 2.45) is 5.92 Å². The number of aliphatic hydroxyl groups excluding tert-OH is 1. The molecule has 0 aliphatic carbocycles. The fourth-order valence-corrected chi connectivity index (χ4v) is 2.33. The lowest BCUT2D eigenvalue weighted by Gasteiger charge is -2.34. The third-order valence-electron chi connectivity index (χ3n) is 3.22. The van der Waals surface area contributed by atoms with Crippen LogP contribution in [0.5, 0.6) is 0 Å². The van der Waals surface area contributed by atoms with Crippen molar-refractivity contribution >= 4 is 11.5 Å². The summed E-state index contributed by atoms with van der Waals surface area (Å²) < 4.78 is 0. The zero-order valence-electron chi connectivity index (χ0n) is 9.69. The summed E-state index contributed by atoms with van der Waals surface area (Å²) in [5.74, 6) is 0.961. The van der Waals surface area contributed by atoms with Crippen LogP contribution in [-0.4, -0.2) is 29.8 Å². The van der Waals surface area contributed by atoms with Crippen molar-refractivity contribution < 1.29 is 5.11 Å². The number of aliphatic hydroxyl groups is 1. The Hall–Kier alpha value is -1.29. The monoisotopic (exact) mass is 221 g/mol. The van der Waals surface area contributed by atoms with E-state index in [0.717, 1.165) is 37.2 Å². The van der Waals surface area contributed by atoms with E-state index in [-0.39, 0.29) is 6.61 Å². The number of anilines is 2. The molecule has 0 amide bonds. The molecule has 88 valence electrons. The number of rotatable bonds is 2. The van der Waals surface area contributed by atoms with Crippen LogP contribution in [0.1, 0.15) is 18.4 Å². The van der Waals surface area contributed by atoms with Gasteiger partial charge in [0.05, 0.1) is 11.9 Å². The number of aryl methyl sites for hydroxylation is 1. The molecule has 3 N–H and O–H groups in total. The number of aromatic nitrogens is 1. The van der Waals surface area contributed by atoms with Crippen molar-refractivity contribution in [1.29, 1.82) is 0 Å². The van der Waals surface area contributed by atoms with E-state index in [1.807, 2.05) is 12.3 Å². The Morgan fingerprint density at radius 3 is 3.12 bits per heavy atom. The molecule has 4 nitrogen and oxygen atoms in total. The summed E-state index contributed by atoms with van der Waals surface area (Å²) in [6.07, 6.45) is 4.09. The number of hydrogen-bond donors (Lipinski definition) is 2. The highest BCUT2D eigenvalue weighted by molar-refractivity contribution is 5.55. The molecule has 1 aromatic rings. The standard InChI is InChI=1S/C12H19N3O/c1-9-5-12(13)14-6-11(9)15-4-2-3-10(7-15)8-16/h5-6,10,16H,2-4,7-8H2,1H3,(H2,13,14)/t10-/m1/s1. The van der Waals surface area contributed by atoms with E-state index in [1.165, 1.54) is 0 Å². The van der Waals surface area contributed by atoms with Gasteiger partial charge in [-0.3, -0.25) is 0 Å². The van der Waals surface area contributed by atoms with Crippen LogP contribution < -0.4 is 10.6 Å². The van der Waals surface area contributed by atoms with Gasteiger partial charge in [0.1, 0.15) is 5.82 Å². The second-order valence-electron chi connectivity index (χ2n) is 4.53. The minimum Gasteiger partial charge on any atom is -0.396 e. The molecule has 0 unspecified atom stereocenters. The first-order valence-electron chi connectivity index (χ1n) is 5.78. The van der Waals surface area contributed by atoms with E-state index in [4.69, 9.17) is 5.73 Å². The molecular formula is C12H19N3O. The van der Waals surface area contributed by atoms with Crippen LogP contribution >= 0.6 is 0 Å². The zero-order valence-corrected chi connectivity index (χ0v) is 9.69. The topological polar surface area (TPSA) is 62.4 Å². The number of nitrogen functional groups attached to an aromatic ring is 1. The van der Waals surface area contributed by atoms with Crippen LogP contribution in [0.25, 0.3) is 0 Å². The highest BCUT2D eigenvalue weighted by atomic mass is 16.3. The summed E-state index contributed by atoms with van der Waals surface area (Å²) >= 11 is 0. The molecule has 0 aromatic carbocycles. The van der Waals surface area contributed by atoms with E-state index in [9.17, 15) is 5.11 Å². The molecule has 16 heavy (non-hydrogen) atoms. The van der Waals surface area contributed by atoms with E-state index >= 15 is 0 Å². The highest BCUT2D eigenvalue weighted by Gasteiger charge is 2.20. The number of hydrogen-bond acceptors (Lipinski definition) is 4. The van der Waals surface area contributed by atoms with Gasteiger partial charge in [-0.05, 0) is 37.3 Å². The van der Waals surface area contributed by atoms with Gasteiger partial charge in [-0.15, -0.1) is 0 Å². The van der Waals surface area contributed by atoms with Gasteiger partial charge < -0.3 is 15.7 Å². The van der Waals surface area contributed by atoms with Crippen LogP contribution in [-0.2, 0) is 0 Å². The molecule has 0 radical (unpaired) electrons. The largest absolute Gasteiger partial charge is 0.396 e. The molecule has 1 aromatic heterocycles. The Labute approximate surface area is 96.1 Å². The van der Waals surface area contributed by atoms with E-state index in [0.29, 0.717) is 11.7 Å². The van der Waals surface area contributed by atoms with Crippen molar-refractivity contribution in [2.75, 3.05) is 30.3 Å². The van der Waals surface area contributed by atoms with E-state index < -0.39 is 0 Å². The summed E-state index contributed by atoms with van der Waals surface area (Å²) in [7, 11) is 0. The van der Waals surface area contributed by atoms with E-state index in [1.54, 1.807) is 0 Å². The maximum atomic E-state index is 9.21. The normalized spacial score (nSPS) is 21.1. The molecule has 0 saturated carbocycles. The van der Waals surface area contributed by atoms with Gasteiger partial charge in [-0.25, -0.2) is 4.98 Å². The average molecular weight is 221 g/mol.